The Balaban J connectivity index is 3.02. The molecule has 0 saturated heterocycles. The highest BCUT2D eigenvalue weighted by molar-refractivity contribution is 5.81. The summed E-state index contributed by atoms with van der Waals surface area (Å²) in [4.78, 5) is 12.3. The van der Waals surface area contributed by atoms with E-state index in [-0.39, 0.29) is 0 Å². The number of allylic oxidation sites excluding steroid dienone is 2. The summed E-state index contributed by atoms with van der Waals surface area (Å²) in [5.74, 6) is -0.0272. The van der Waals surface area contributed by atoms with Gasteiger partial charge in [0, 0.05) is 0 Å². The van der Waals surface area contributed by atoms with Crippen molar-refractivity contribution in [2.45, 2.75) is 77.0 Å². The molecule has 0 bridgehead atoms. The van der Waals surface area contributed by atoms with Crippen LogP contribution in [0, 0.1) is 0 Å². The topological polar surface area (TPSA) is 46.5 Å². The number of hydrogen-bond acceptors (Lipinski definition) is 2. The van der Waals surface area contributed by atoms with E-state index in [2.05, 4.69) is 26.0 Å². The molecule has 140 valence electrons. The SMILES string of the molecule is CCCCC/C=C\CC(CCCCC)(C(=O)O)c1cccc(OC)c1. The maximum Gasteiger partial charge on any atom is 0.314 e. The molecule has 1 N–H and O–H groups in total. The van der Waals surface area contributed by atoms with Gasteiger partial charge in [-0.1, -0.05) is 70.2 Å². The molecule has 0 heterocycles. The number of carbonyl (C=O) groups is 1. The molecule has 0 fully saturated rings. The summed E-state index contributed by atoms with van der Waals surface area (Å²) in [6, 6.07) is 7.55. The molecule has 0 aliphatic carbocycles. The van der Waals surface area contributed by atoms with E-state index in [1.54, 1.807) is 7.11 Å². The van der Waals surface area contributed by atoms with Crippen LogP contribution >= 0.6 is 0 Å². The number of methoxy groups -OCH3 is 1. The van der Waals surface area contributed by atoms with E-state index in [9.17, 15) is 9.90 Å². The molecule has 0 amide bonds. The van der Waals surface area contributed by atoms with Crippen LogP contribution in [0.4, 0.5) is 0 Å². The molecule has 3 heteroatoms. The average molecular weight is 347 g/mol. The van der Waals surface area contributed by atoms with Gasteiger partial charge in [-0.25, -0.2) is 0 Å². The van der Waals surface area contributed by atoms with Crippen molar-refractivity contribution in [2.24, 2.45) is 0 Å². The van der Waals surface area contributed by atoms with E-state index < -0.39 is 11.4 Å². The first kappa shape index (κ1) is 21.3. The van der Waals surface area contributed by atoms with E-state index in [0.717, 1.165) is 31.2 Å². The predicted molar refractivity (Wildman–Crippen MR) is 104 cm³/mol. The highest BCUT2D eigenvalue weighted by Gasteiger charge is 2.38. The minimum Gasteiger partial charge on any atom is -0.497 e. The molecule has 0 spiro atoms. The van der Waals surface area contributed by atoms with Gasteiger partial charge in [-0.05, 0) is 43.4 Å². The standard InChI is InChI=1S/C22H34O3/c1-4-6-8-9-10-12-17-22(21(23)24,16-11-7-5-2)19-14-13-15-20(18-19)25-3/h10,12-15,18H,4-9,11,16-17H2,1-3H3,(H,23,24)/b12-10-. The fourth-order valence-corrected chi connectivity index (χ4v) is 3.19. The summed E-state index contributed by atoms with van der Waals surface area (Å²) in [5, 5.41) is 10.1. The molecular weight excluding hydrogens is 312 g/mol. The fraction of sp³-hybridized carbons (Fsp3) is 0.591. The van der Waals surface area contributed by atoms with Crippen LogP contribution in [0.15, 0.2) is 36.4 Å². The Hall–Kier alpha value is -1.77. The first-order valence-electron chi connectivity index (χ1n) is 9.63. The molecule has 0 radical (unpaired) electrons. The van der Waals surface area contributed by atoms with Crippen LogP contribution in [-0.2, 0) is 10.2 Å². The van der Waals surface area contributed by atoms with Gasteiger partial charge >= 0.3 is 5.97 Å². The van der Waals surface area contributed by atoms with Crippen molar-refractivity contribution in [1.29, 1.82) is 0 Å². The van der Waals surface area contributed by atoms with Crippen LogP contribution in [-0.4, -0.2) is 18.2 Å². The normalized spacial score (nSPS) is 13.7. The highest BCUT2D eigenvalue weighted by Crippen LogP contribution is 2.36. The molecule has 0 aliphatic rings. The maximum atomic E-state index is 12.3. The van der Waals surface area contributed by atoms with Crippen LogP contribution in [0.2, 0.25) is 0 Å². The second-order valence-electron chi connectivity index (χ2n) is 6.75. The van der Waals surface area contributed by atoms with Crippen LogP contribution in [0.5, 0.6) is 5.75 Å². The van der Waals surface area contributed by atoms with Gasteiger partial charge in [0.2, 0.25) is 0 Å². The van der Waals surface area contributed by atoms with E-state index in [4.69, 9.17) is 4.74 Å². The van der Waals surface area contributed by atoms with Gasteiger partial charge < -0.3 is 9.84 Å². The number of carboxylic acid groups (broad SMARTS) is 1. The van der Waals surface area contributed by atoms with Gasteiger partial charge in [0.15, 0.2) is 0 Å². The van der Waals surface area contributed by atoms with Crippen LogP contribution in [0.25, 0.3) is 0 Å². The molecule has 1 aromatic rings. The lowest BCUT2D eigenvalue weighted by molar-refractivity contribution is -0.144. The number of carboxylic acids is 1. The second-order valence-corrected chi connectivity index (χ2v) is 6.75. The molecule has 1 rings (SSSR count). The summed E-state index contributed by atoms with van der Waals surface area (Å²) >= 11 is 0. The van der Waals surface area contributed by atoms with Crippen molar-refractivity contribution in [2.75, 3.05) is 7.11 Å². The quantitative estimate of drug-likeness (QED) is 0.345. The van der Waals surface area contributed by atoms with E-state index in [1.807, 2.05) is 24.3 Å². The molecule has 3 nitrogen and oxygen atoms in total. The number of unbranched alkanes of at least 4 members (excludes halogenated alkanes) is 5. The smallest absolute Gasteiger partial charge is 0.314 e. The Kier molecular flexibility index (Phi) is 9.98. The third kappa shape index (κ3) is 6.56. The zero-order valence-electron chi connectivity index (χ0n) is 16.1. The fourth-order valence-electron chi connectivity index (χ4n) is 3.19. The van der Waals surface area contributed by atoms with Crippen molar-refractivity contribution < 1.29 is 14.6 Å². The monoisotopic (exact) mass is 346 g/mol. The van der Waals surface area contributed by atoms with Crippen LogP contribution < -0.4 is 4.74 Å². The molecule has 0 saturated carbocycles. The molecule has 1 aromatic carbocycles. The number of rotatable bonds is 13. The second kappa shape index (κ2) is 11.7. The van der Waals surface area contributed by atoms with Crippen LogP contribution in [0.1, 0.15) is 77.2 Å². The zero-order valence-corrected chi connectivity index (χ0v) is 16.1. The van der Waals surface area contributed by atoms with Gasteiger partial charge in [0.1, 0.15) is 5.75 Å². The lowest BCUT2D eigenvalue weighted by atomic mass is 9.73. The Bertz CT molecular complexity index is 536. The minimum absolute atomic E-state index is 0.533. The molecule has 25 heavy (non-hydrogen) atoms. The molecule has 0 aromatic heterocycles. The summed E-state index contributed by atoms with van der Waals surface area (Å²) < 4.78 is 5.31. The van der Waals surface area contributed by atoms with Gasteiger partial charge in [-0.15, -0.1) is 0 Å². The number of aliphatic carboxylic acids is 1. The van der Waals surface area contributed by atoms with Gasteiger partial charge in [-0.3, -0.25) is 4.79 Å². The number of ether oxygens (including phenoxy) is 1. The van der Waals surface area contributed by atoms with Gasteiger partial charge in [0.05, 0.1) is 12.5 Å². The molecule has 1 unspecified atom stereocenters. The minimum atomic E-state index is -0.870. The predicted octanol–water partition coefficient (Wildman–Crippen LogP) is 6.12. The molecule has 1 atom stereocenters. The summed E-state index contributed by atoms with van der Waals surface area (Å²) in [6.07, 6.45) is 13.1. The summed E-state index contributed by atoms with van der Waals surface area (Å²) in [7, 11) is 1.62. The number of benzene rings is 1. The van der Waals surface area contributed by atoms with E-state index in [1.165, 1.54) is 19.3 Å². The Morgan fingerprint density at radius 1 is 1.12 bits per heavy atom. The lowest BCUT2D eigenvalue weighted by Gasteiger charge is -2.29. The Morgan fingerprint density at radius 2 is 1.84 bits per heavy atom. The number of hydrogen-bond donors (Lipinski definition) is 1. The van der Waals surface area contributed by atoms with Gasteiger partial charge in [-0.2, -0.15) is 0 Å². The van der Waals surface area contributed by atoms with Crippen molar-refractivity contribution in [3.05, 3.63) is 42.0 Å². The third-order valence-electron chi connectivity index (χ3n) is 4.85. The third-order valence-corrected chi connectivity index (χ3v) is 4.85. The Morgan fingerprint density at radius 3 is 2.48 bits per heavy atom. The Labute approximate surface area is 153 Å². The summed E-state index contributed by atoms with van der Waals surface area (Å²) in [6.45, 7) is 4.33. The molecular formula is C22H34O3. The highest BCUT2D eigenvalue weighted by atomic mass is 16.5. The molecule has 0 aliphatic heterocycles. The lowest BCUT2D eigenvalue weighted by Crippen LogP contribution is -2.35. The first-order valence-corrected chi connectivity index (χ1v) is 9.63. The van der Waals surface area contributed by atoms with Crippen molar-refractivity contribution in [3.63, 3.8) is 0 Å². The summed E-state index contributed by atoms with van der Waals surface area (Å²) in [5.41, 5.74) is -0.0287. The van der Waals surface area contributed by atoms with E-state index in [0.29, 0.717) is 18.6 Å². The zero-order chi connectivity index (χ0) is 18.5. The van der Waals surface area contributed by atoms with Crippen molar-refractivity contribution in [3.8, 4) is 5.75 Å². The van der Waals surface area contributed by atoms with Crippen molar-refractivity contribution in [1.82, 2.24) is 0 Å². The van der Waals surface area contributed by atoms with Gasteiger partial charge in [0.25, 0.3) is 0 Å². The first-order chi connectivity index (χ1) is 12.1. The van der Waals surface area contributed by atoms with Crippen molar-refractivity contribution >= 4 is 5.97 Å². The largest absolute Gasteiger partial charge is 0.497 e. The average Bonchev–Trinajstić information content (AvgIpc) is 2.63. The maximum absolute atomic E-state index is 12.3. The van der Waals surface area contributed by atoms with Crippen LogP contribution in [0.3, 0.4) is 0 Å². The van der Waals surface area contributed by atoms with E-state index >= 15 is 0 Å².